The van der Waals surface area contributed by atoms with E-state index in [1.807, 2.05) is 42.5 Å². The van der Waals surface area contributed by atoms with Crippen molar-refractivity contribution >= 4 is 22.7 Å². The molecule has 0 radical (unpaired) electrons. The molecular formula is C21H22N4O3. The molecule has 1 aliphatic carbocycles. The van der Waals surface area contributed by atoms with Crippen LogP contribution in [0.1, 0.15) is 35.2 Å². The Morgan fingerprint density at radius 2 is 1.93 bits per heavy atom. The van der Waals surface area contributed by atoms with Gasteiger partial charge in [-0.15, -0.1) is 0 Å². The van der Waals surface area contributed by atoms with Gasteiger partial charge in [-0.25, -0.2) is 5.48 Å². The quantitative estimate of drug-likeness (QED) is 0.335. The van der Waals surface area contributed by atoms with Crippen LogP contribution >= 0.6 is 0 Å². The normalized spacial score (nSPS) is 16.5. The van der Waals surface area contributed by atoms with Gasteiger partial charge in [0.15, 0.2) is 0 Å². The van der Waals surface area contributed by atoms with Crippen LogP contribution in [0.4, 0.5) is 0 Å². The minimum absolute atomic E-state index is 0.0510. The van der Waals surface area contributed by atoms with Crippen molar-refractivity contribution in [3.05, 3.63) is 71.4 Å². The Kier molecular flexibility index (Phi) is 5.10. The maximum Gasteiger partial charge on any atom is 0.257 e. The van der Waals surface area contributed by atoms with Gasteiger partial charge in [-0.2, -0.15) is 0 Å². The van der Waals surface area contributed by atoms with Crippen molar-refractivity contribution in [3.8, 4) is 0 Å². The van der Waals surface area contributed by atoms with Gasteiger partial charge in [0.25, 0.3) is 5.91 Å². The van der Waals surface area contributed by atoms with E-state index in [9.17, 15) is 9.59 Å². The van der Waals surface area contributed by atoms with Crippen molar-refractivity contribution < 1.29 is 14.8 Å². The molecule has 2 aromatic carbocycles. The number of carbonyl (C=O) groups excluding carboxylic acids is 2. The summed E-state index contributed by atoms with van der Waals surface area (Å²) in [5, 5.41) is 15.8. The first kappa shape index (κ1) is 18.2. The highest BCUT2D eigenvalue weighted by atomic mass is 16.5. The maximum absolute atomic E-state index is 13.2. The average Bonchev–Trinajstić information content (AvgIpc) is 3.33. The number of rotatable bonds is 6. The number of amides is 2. The maximum atomic E-state index is 13.2. The Bertz CT molecular complexity index is 1010. The molecule has 2 atom stereocenters. The molecule has 1 heterocycles. The topological polar surface area (TPSA) is 106 Å². The highest BCUT2D eigenvalue weighted by Crippen LogP contribution is 2.32. The fraction of sp³-hybridized carbons (Fsp3) is 0.238. The van der Waals surface area contributed by atoms with E-state index in [1.54, 1.807) is 11.7 Å². The number of aromatic nitrogens is 1. The fourth-order valence-corrected chi connectivity index (χ4v) is 3.87. The third-order valence-electron chi connectivity index (χ3n) is 5.24. The van der Waals surface area contributed by atoms with Gasteiger partial charge in [0.1, 0.15) is 6.04 Å². The Morgan fingerprint density at radius 1 is 1.14 bits per heavy atom. The molecule has 7 nitrogen and oxygen atoms in total. The summed E-state index contributed by atoms with van der Waals surface area (Å²) in [7, 11) is 0. The number of benzene rings is 2. The van der Waals surface area contributed by atoms with Crippen molar-refractivity contribution in [2.24, 2.45) is 0 Å². The molecule has 2 unspecified atom stereocenters. The van der Waals surface area contributed by atoms with Crippen molar-refractivity contribution in [2.75, 3.05) is 6.54 Å². The number of hydrogen-bond donors (Lipinski definition) is 5. The molecule has 0 saturated carbocycles. The molecule has 28 heavy (non-hydrogen) atoms. The van der Waals surface area contributed by atoms with E-state index in [-0.39, 0.29) is 18.5 Å². The van der Waals surface area contributed by atoms with E-state index >= 15 is 0 Å². The van der Waals surface area contributed by atoms with Crippen LogP contribution in [0, 0.1) is 0 Å². The number of aryl methyl sites for hydroxylation is 1. The molecular weight excluding hydrogens is 356 g/mol. The molecule has 0 spiro atoms. The van der Waals surface area contributed by atoms with Crippen LogP contribution in [0.3, 0.4) is 0 Å². The molecule has 1 aromatic heterocycles. The van der Waals surface area contributed by atoms with Crippen LogP contribution < -0.4 is 16.1 Å². The van der Waals surface area contributed by atoms with Gasteiger partial charge >= 0.3 is 0 Å². The molecule has 0 aliphatic heterocycles. The number of nitrogens with one attached hydrogen (secondary N) is 4. The van der Waals surface area contributed by atoms with E-state index in [0.29, 0.717) is 0 Å². The first-order chi connectivity index (χ1) is 13.7. The second-order valence-corrected chi connectivity index (χ2v) is 6.94. The summed E-state index contributed by atoms with van der Waals surface area (Å²) in [6.07, 6.45) is 3.56. The van der Waals surface area contributed by atoms with Gasteiger partial charge < -0.3 is 10.3 Å². The van der Waals surface area contributed by atoms with Crippen molar-refractivity contribution in [1.82, 2.24) is 21.1 Å². The number of para-hydroxylation sites is 1. The standard InChI is InChI=1S/C21H22N4O3/c26-19(25-28)12-23-20(16-11-22-17-8-4-3-7-15(16)17)21(27)24-18-10-9-13-5-1-2-6-14(13)18/h1-8,11,18,20,22-23,28H,9-10,12H2,(H,24,27)(H,25,26). The van der Waals surface area contributed by atoms with Crippen molar-refractivity contribution in [1.29, 1.82) is 0 Å². The van der Waals surface area contributed by atoms with Gasteiger partial charge in [0.05, 0.1) is 12.6 Å². The lowest BCUT2D eigenvalue weighted by atomic mass is 10.0. The summed E-state index contributed by atoms with van der Waals surface area (Å²) in [5.74, 6) is -0.818. The lowest BCUT2D eigenvalue weighted by Crippen LogP contribution is -2.42. The molecule has 2 amide bonds. The predicted molar refractivity (Wildman–Crippen MR) is 105 cm³/mol. The zero-order chi connectivity index (χ0) is 19.5. The third kappa shape index (κ3) is 3.49. The van der Waals surface area contributed by atoms with Crippen LogP contribution in [0.2, 0.25) is 0 Å². The molecule has 0 bridgehead atoms. The van der Waals surface area contributed by atoms with Gasteiger partial charge in [0, 0.05) is 22.7 Å². The van der Waals surface area contributed by atoms with E-state index in [4.69, 9.17) is 5.21 Å². The largest absolute Gasteiger partial charge is 0.361 e. The Balaban J connectivity index is 1.60. The Hall–Kier alpha value is -3.16. The number of hydroxylamine groups is 1. The number of hydrogen-bond acceptors (Lipinski definition) is 4. The highest BCUT2D eigenvalue weighted by molar-refractivity contribution is 5.92. The van der Waals surface area contributed by atoms with Gasteiger partial charge in [-0.1, -0.05) is 42.5 Å². The molecule has 3 aromatic rings. The first-order valence-electron chi connectivity index (χ1n) is 9.28. The van der Waals surface area contributed by atoms with Crippen molar-refractivity contribution in [2.45, 2.75) is 24.9 Å². The summed E-state index contributed by atoms with van der Waals surface area (Å²) < 4.78 is 0. The SMILES string of the molecule is O=C(CNC(C(=O)NC1CCc2ccccc21)c1c[nH]c2ccccc12)NO. The number of carbonyl (C=O) groups is 2. The number of aromatic amines is 1. The zero-order valence-electron chi connectivity index (χ0n) is 15.2. The van der Waals surface area contributed by atoms with E-state index in [0.717, 1.165) is 34.9 Å². The zero-order valence-corrected chi connectivity index (χ0v) is 15.2. The fourth-order valence-electron chi connectivity index (χ4n) is 3.87. The minimum atomic E-state index is -0.735. The third-order valence-corrected chi connectivity index (χ3v) is 5.24. The number of fused-ring (bicyclic) bond motifs is 2. The van der Waals surface area contributed by atoms with E-state index in [1.165, 1.54) is 5.56 Å². The highest BCUT2D eigenvalue weighted by Gasteiger charge is 2.29. The molecule has 0 saturated heterocycles. The Labute approximate surface area is 162 Å². The van der Waals surface area contributed by atoms with Crippen LogP contribution in [-0.2, 0) is 16.0 Å². The predicted octanol–water partition coefficient (Wildman–Crippen LogP) is 2.11. The smallest absolute Gasteiger partial charge is 0.257 e. The van der Waals surface area contributed by atoms with Crippen molar-refractivity contribution in [3.63, 3.8) is 0 Å². The van der Waals surface area contributed by atoms with Gasteiger partial charge in [0.2, 0.25) is 5.91 Å². The molecule has 144 valence electrons. The summed E-state index contributed by atoms with van der Waals surface area (Å²) in [6.45, 7) is -0.185. The van der Waals surface area contributed by atoms with E-state index < -0.39 is 11.9 Å². The minimum Gasteiger partial charge on any atom is -0.361 e. The molecule has 4 rings (SSSR count). The van der Waals surface area contributed by atoms with Crippen LogP contribution in [0.25, 0.3) is 10.9 Å². The average molecular weight is 378 g/mol. The monoisotopic (exact) mass is 378 g/mol. The van der Waals surface area contributed by atoms with Crippen LogP contribution in [-0.4, -0.2) is 28.6 Å². The van der Waals surface area contributed by atoms with Gasteiger partial charge in [-0.3, -0.25) is 20.1 Å². The number of H-pyrrole nitrogens is 1. The van der Waals surface area contributed by atoms with Crippen LogP contribution in [0.15, 0.2) is 54.7 Å². The van der Waals surface area contributed by atoms with Gasteiger partial charge in [-0.05, 0) is 30.0 Å². The molecule has 0 fully saturated rings. The Morgan fingerprint density at radius 3 is 2.79 bits per heavy atom. The summed E-state index contributed by atoms with van der Waals surface area (Å²) in [6, 6.07) is 15.0. The first-order valence-corrected chi connectivity index (χ1v) is 9.28. The van der Waals surface area contributed by atoms with E-state index in [2.05, 4.69) is 21.7 Å². The lowest BCUT2D eigenvalue weighted by molar-refractivity contribution is -0.129. The van der Waals surface area contributed by atoms with Crippen LogP contribution in [0.5, 0.6) is 0 Å². The second-order valence-electron chi connectivity index (χ2n) is 6.94. The molecule has 7 heteroatoms. The second kappa shape index (κ2) is 7.84. The summed E-state index contributed by atoms with van der Waals surface area (Å²) in [5.41, 5.74) is 5.65. The molecule has 1 aliphatic rings. The summed E-state index contributed by atoms with van der Waals surface area (Å²) in [4.78, 5) is 27.9. The molecule has 5 N–H and O–H groups in total. The summed E-state index contributed by atoms with van der Waals surface area (Å²) >= 11 is 0. The lowest BCUT2D eigenvalue weighted by Gasteiger charge is -2.21.